The second-order valence-corrected chi connectivity index (χ2v) is 6.51. The molecule has 106 valence electrons. The van der Waals surface area contributed by atoms with Gasteiger partial charge in [0, 0.05) is 20.1 Å². The van der Waals surface area contributed by atoms with Gasteiger partial charge in [0.1, 0.15) is 0 Å². The van der Waals surface area contributed by atoms with E-state index >= 15 is 0 Å². The van der Waals surface area contributed by atoms with Crippen LogP contribution in [0.15, 0.2) is 51.4 Å². The first kappa shape index (κ1) is 14.4. The summed E-state index contributed by atoms with van der Waals surface area (Å²) in [6.45, 7) is 2.06. The molecule has 3 rings (SSSR count). The summed E-state index contributed by atoms with van der Waals surface area (Å²) in [5.74, 6) is 0.494. The van der Waals surface area contributed by atoms with E-state index < -0.39 is 0 Å². The minimum Gasteiger partial charge on any atom is -0.382 e. The third-order valence-electron chi connectivity index (χ3n) is 3.40. The zero-order valence-electron chi connectivity index (χ0n) is 11.3. The summed E-state index contributed by atoms with van der Waals surface area (Å²) in [6.07, 6.45) is 0. The molecule has 0 aliphatic heterocycles. The van der Waals surface area contributed by atoms with E-state index in [4.69, 9.17) is 5.73 Å². The number of nitrogens with zero attached hydrogens (tertiary/aromatic N) is 1. The van der Waals surface area contributed by atoms with E-state index in [1.165, 1.54) is 5.56 Å². The Morgan fingerprint density at radius 3 is 2.52 bits per heavy atom. The predicted molar refractivity (Wildman–Crippen MR) is 94.0 cm³/mol. The maximum absolute atomic E-state index is 6.07. The third kappa shape index (κ3) is 2.63. The summed E-state index contributed by atoms with van der Waals surface area (Å²) < 4.78 is 2.05. The lowest BCUT2D eigenvalue weighted by molar-refractivity contribution is 1.10. The Kier molecular flexibility index (Phi) is 3.87. The number of aryl methyl sites for hydroxylation is 1. The molecule has 5 heteroatoms. The lowest BCUT2D eigenvalue weighted by Gasteiger charge is -2.08. The molecule has 0 spiro atoms. The van der Waals surface area contributed by atoms with Crippen LogP contribution in [-0.4, -0.2) is 10.2 Å². The normalized spacial score (nSPS) is 10.8. The van der Waals surface area contributed by atoms with Gasteiger partial charge in [0.25, 0.3) is 0 Å². The van der Waals surface area contributed by atoms with Gasteiger partial charge < -0.3 is 5.73 Å². The van der Waals surface area contributed by atoms with Crippen molar-refractivity contribution in [1.29, 1.82) is 0 Å². The number of rotatable bonds is 2. The molecule has 21 heavy (non-hydrogen) atoms. The lowest BCUT2D eigenvalue weighted by Crippen LogP contribution is -1.90. The Balaban J connectivity index is 2.22. The van der Waals surface area contributed by atoms with Crippen LogP contribution in [0.25, 0.3) is 22.4 Å². The minimum absolute atomic E-state index is 0.494. The average Bonchev–Trinajstić information content (AvgIpc) is 2.84. The molecule has 0 aliphatic carbocycles. The number of hydrogen-bond donors (Lipinski definition) is 2. The van der Waals surface area contributed by atoms with Crippen LogP contribution in [0, 0.1) is 6.92 Å². The van der Waals surface area contributed by atoms with Crippen LogP contribution in [0.5, 0.6) is 0 Å². The first-order valence-corrected chi connectivity index (χ1v) is 8.02. The van der Waals surface area contributed by atoms with Gasteiger partial charge in [-0.25, -0.2) is 0 Å². The molecule has 0 radical (unpaired) electrons. The highest BCUT2D eigenvalue weighted by molar-refractivity contribution is 9.10. The van der Waals surface area contributed by atoms with Gasteiger partial charge in [0.15, 0.2) is 5.82 Å². The van der Waals surface area contributed by atoms with Gasteiger partial charge in [0.05, 0.1) is 11.3 Å². The van der Waals surface area contributed by atoms with Crippen molar-refractivity contribution < 1.29 is 0 Å². The van der Waals surface area contributed by atoms with E-state index in [9.17, 15) is 0 Å². The van der Waals surface area contributed by atoms with E-state index in [1.807, 2.05) is 24.3 Å². The highest BCUT2D eigenvalue weighted by Crippen LogP contribution is 2.39. The molecule has 3 nitrogen and oxygen atoms in total. The number of nitrogens with one attached hydrogen (secondary N) is 1. The van der Waals surface area contributed by atoms with Crippen LogP contribution in [0.4, 0.5) is 5.82 Å². The Morgan fingerprint density at radius 2 is 1.81 bits per heavy atom. The smallest absolute Gasteiger partial charge is 0.153 e. The summed E-state index contributed by atoms with van der Waals surface area (Å²) >= 11 is 7.15. The van der Waals surface area contributed by atoms with Crippen molar-refractivity contribution in [2.45, 2.75) is 6.92 Å². The van der Waals surface area contributed by atoms with Crippen LogP contribution in [0.1, 0.15) is 5.56 Å². The molecule has 1 aromatic heterocycles. The fourth-order valence-corrected chi connectivity index (χ4v) is 3.11. The van der Waals surface area contributed by atoms with Crippen molar-refractivity contribution in [3.05, 3.63) is 57.0 Å². The van der Waals surface area contributed by atoms with Crippen molar-refractivity contribution in [1.82, 2.24) is 10.2 Å². The number of benzene rings is 2. The van der Waals surface area contributed by atoms with Gasteiger partial charge in [-0.15, -0.1) is 0 Å². The maximum Gasteiger partial charge on any atom is 0.153 e. The number of anilines is 1. The fraction of sp³-hybridized carbons (Fsp3) is 0.0625. The quantitative estimate of drug-likeness (QED) is 0.617. The summed E-state index contributed by atoms with van der Waals surface area (Å²) in [4.78, 5) is 0. The molecule has 0 atom stereocenters. The van der Waals surface area contributed by atoms with Gasteiger partial charge in [-0.2, -0.15) is 5.10 Å². The molecule has 3 aromatic rings. The average molecular weight is 407 g/mol. The van der Waals surface area contributed by atoms with E-state index in [0.29, 0.717) is 5.82 Å². The van der Waals surface area contributed by atoms with E-state index in [1.54, 1.807) is 0 Å². The molecule has 0 saturated heterocycles. The van der Waals surface area contributed by atoms with Gasteiger partial charge in [-0.05, 0) is 24.6 Å². The summed E-state index contributed by atoms with van der Waals surface area (Å²) in [6, 6.07) is 14.2. The van der Waals surface area contributed by atoms with E-state index in [-0.39, 0.29) is 0 Å². The van der Waals surface area contributed by atoms with Crippen molar-refractivity contribution in [2.24, 2.45) is 0 Å². The lowest BCUT2D eigenvalue weighted by atomic mass is 10.0. The Bertz CT molecular complexity index is 809. The van der Waals surface area contributed by atoms with Crippen molar-refractivity contribution in [2.75, 3.05) is 5.73 Å². The fourth-order valence-electron chi connectivity index (χ4n) is 2.25. The number of halogens is 2. The second kappa shape index (κ2) is 5.66. The number of aromatic amines is 1. The number of nitrogens with two attached hydrogens (primary N) is 1. The Labute approximate surface area is 139 Å². The van der Waals surface area contributed by atoms with Crippen LogP contribution in [-0.2, 0) is 0 Å². The number of hydrogen-bond acceptors (Lipinski definition) is 2. The highest BCUT2D eigenvalue weighted by atomic mass is 79.9. The monoisotopic (exact) mass is 405 g/mol. The SMILES string of the molecule is Cc1ccc(-c2[nH]nc(N)c2-c2ccccc2Br)cc1Br. The van der Waals surface area contributed by atoms with Crippen LogP contribution >= 0.6 is 31.9 Å². The predicted octanol–water partition coefficient (Wildman–Crippen LogP) is 5.16. The molecule has 3 N–H and O–H groups in total. The van der Waals surface area contributed by atoms with Gasteiger partial charge >= 0.3 is 0 Å². The number of nitrogen functional groups attached to an aromatic ring is 1. The highest BCUT2D eigenvalue weighted by Gasteiger charge is 2.17. The molecular weight excluding hydrogens is 394 g/mol. The van der Waals surface area contributed by atoms with Crippen LogP contribution in [0.2, 0.25) is 0 Å². The molecule has 1 heterocycles. The van der Waals surface area contributed by atoms with E-state index in [2.05, 4.69) is 67.2 Å². The minimum atomic E-state index is 0.494. The number of H-pyrrole nitrogens is 1. The second-order valence-electron chi connectivity index (χ2n) is 4.80. The van der Waals surface area contributed by atoms with Crippen LogP contribution in [0.3, 0.4) is 0 Å². The van der Waals surface area contributed by atoms with Crippen molar-refractivity contribution >= 4 is 37.7 Å². The molecule has 0 unspecified atom stereocenters. The van der Waals surface area contributed by atoms with Crippen molar-refractivity contribution in [3.63, 3.8) is 0 Å². The van der Waals surface area contributed by atoms with Gasteiger partial charge in [-0.1, -0.05) is 62.2 Å². The summed E-state index contributed by atoms with van der Waals surface area (Å²) in [5, 5.41) is 7.23. The first-order valence-electron chi connectivity index (χ1n) is 6.43. The molecule has 0 saturated carbocycles. The molecular formula is C16H13Br2N3. The maximum atomic E-state index is 6.07. The molecule has 0 bridgehead atoms. The van der Waals surface area contributed by atoms with E-state index in [0.717, 1.165) is 31.3 Å². The largest absolute Gasteiger partial charge is 0.382 e. The zero-order chi connectivity index (χ0) is 15.0. The first-order chi connectivity index (χ1) is 10.1. The van der Waals surface area contributed by atoms with Crippen molar-refractivity contribution in [3.8, 4) is 22.4 Å². The Morgan fingerprint density at radius 1 is 1.05 bits per heavy atom. The summed E-state index contributed by atoms with van der Waals surface area (Å²) in [7, 11) is 0. The molecule has 2 aromatic carbocycles. The standard InChI is InChI=1S/C16H13Br2N3/c1-9-6-7-10(8-13(9)18)15-14(16(19)21-20-15)11-4-2-3-5-12(11)17/h2-8H,1H3,(H3,19,20,21). The summed E-state index contributed by atoms with van der Waals surface area (Å²) in [5.41, 5.74) is 11.2. The van der Waals surface area contributed by atoms with Gasteiger partial charge in [0.2, 0.25) is 0 Å². The zero-order valence-corrected chi connectivity index (χ0v) is 14.5. The molecule has 0 fully saturated rings. The van der Waals surface area contributed by atoms with Gasteiger partial charge in [-0.3, -0.25) is 5.10 Å². The molecule has 0 aliphatic rings. The molecule has 0 amide bonds. The van der Waals surface area contributed by atoms with Crippen LogP contribution < -0.4 is 5.73 Å². The Hall–Kier alpha value is -1.59. The topological polar surface area (TPSA) is 54.7 Å². The third-order valence-corrected chi connectivity index (χ3v) is 4.94. The number of aromatic nitrogens is 2.